The van der Waals surface area contributed by atoms with Crippen molar-refractivity contribution in [2.75, 3.05) is 28.5 Å². The van der Waals surface area contributed by atoms with Gasteiger partial charge in [-0.2, -0.15) is 0 Å². The Bertz CT molecular complexity index is 993. The Morgan fingerprint density at radius 2 is 1.65 bits per heavy atom. The van der Waals surface area contributed by atoms with Crippen molar-refractivity contribution in [2.45, 2.75) is 51.6 Å². The second kappa shape index (κ2) is 9.30. The van der Waals surface area contributed by atoms with E-state index in [1.54, 1.807) is 17.0 Å². The van der Waals surface area contributed by atoms with Gasteiger partial charge in [0.2, 0.25) is 15.9 Å². The minimum absolute atomic E-state index is 0.146. The van der Waals surface area contributed by atoms with Gasteiger partial charge >= 0.3 is 0 Å². The number of benzene rings is 2. The number of amides is 1. The summed E-state index contributed by atoms with van der Waals surface area (Å²) in [6.07, 6.45) is 5.52. The van der Waals surface area contributed by atoms with Crippen molar-refractivity contribution in [3.05, 3.63) is 59.7 Å². The first-order valence-corrected chi connectivity index (χ1v) is 12.8. The normalized spacial score (nSPS) is 16.7. The maximum atomic E-state index is 12.9. The molecule has 2 aromatic rings. The molecule has 6 nitrogen and oxygen atoms in total. The fraction of sp³-hybridized carbons (Fsp3) is 0.458. The van der Waals surface area contributed by atoms with E-state index < -0.39 is 15.8 Å². The number of aryl methyl sites for hydroxylation is 1. The van der Waals surface area contributed by atoms with Crippen molar-refractivity contribution in [3.63, 3.8) is 0 Å². The third-order valence-electron chi connectivity index (χ3n) is 5.96. The summed E-state index contributed by atoms with van der Waals surface area (Å²) in [5.74, 6) is -0.885. The average Bonchev–Trinajstić information content (AvgIpc) is 3.59. The van der Waals surface area contributed by atoms with Gasteiger partial charge in [0, 0.05) is 37.1 Å². The fourth-order valence-electron chi connectivity index (χ4n) is 4.05. The topological polar surface area (TPSA) is 69.7 Å². The Labute approximate surface area is 185 Å². The van der Waals surface area contributed by atoms with E-state index in [0.717, 1.165) is 42.7 Å². The van der Waals surface area contributed by atoms with E-state index in [0.29, 0.717) is 12.2 Å². The van der Waals surface area contributed by atoms with E-state index in [1.165, 1.54) is 19.3 Å². The zero-order valence-electron chi connectivity index (χ0n) is 18.1. The number of sulfonamides is 1. The van der Waals surface area contributed by atoms with Crippen LogP contribution in [0, 0.1) is 6.92 Å². The molecule has 0 bridgehead atoms. The Hall–Kier alpha value is -2.54. The Balaban J connectivity index is 1.37. The molecule has 0 aromatic heterocycles. The first kappa shape index (κ1) is 21.7. The van der Waals surface area contributed by atoms with E-state index in [-0.39, 0.29) is 11.9 Å². The third kappa shape index (κ3) is 6.00. The summed E-state index contributed by atoms with van der Waals surface area (Å²) in [7, 11) is -3.78. The van der Waals surface area contributed by atoms with Gasteiger partial charge in [-0.15, -0.1) is 0 Å². The molecule has 0 radical (unpaired) electrons. The molecule has 1 aliphatic carbocycles. The van der Waals surface area contributed by atoms with Gasteiger partial charge in [-0.1, -0.05) is 29.8 Å². The maximum absolute atomic E-state index is 12.9. The van der Waals surface area contributed by atoms with Crippen LogP contribution in [0.1, 0.15) is 43.2 Å². The van der Waals surface area contributed by atoms with Gasteiger partial charge in [0.05, 0.1) is 0 Å². The lowest BCUT2D eigenvalue weighted by atomic mass is 10.1. The highest BCUT2D eigenvalue weighted by atomic mass is 32.2. The van der Waals surface area contributed by atoms with E-state index in [4.69, 9.17) is 0 Å². The van der Waals surface area contributed by atoms with Crippen LogP contribution in [0.5, 0.6) is 0 Å². The molecule has 2 aliphatic rings. The molecule has 2 fully saturated rings. The lowest BCUT2D eigenvalue weighted by Crippen LogP contribution is -2.38. The maximum Gasteiger partial charge on any atom is 0.241 e. The Morgan fingerprint density at radius 3 is 2.26 bits per heavy atom. The predicted octanol–water partition coefficient (Wildman–Crippen LogP) is 3.92. The van der Waals surface area contributed by atoms with Crippen molar-refractivity contribution in [3.8, 4) is 0 Å². The first-order chi connectivity index (χ1) is 14.9. The molecular weight excluding hydrogens is 410 g/mol. The highest BCUT2D eigenvalue weighted by Crippen LogP contribution is 2.29. The molecule has 1 N–H and O–H groups in total. The Kier molecular flexibility index (Phi) is 6.51. The van der Waals surface area contributed by atoms with Crippen LogP contribution in [0.2, 0.25) is 0 Å². The zero-order chi connectivity index (χ0) is 21.8. The quantitative estimate of drug-likeness (QED) is 0.674. The lowest BCUT2D eigenvalue weighted by molar-refractivity contribution is -0.129. The van der Waals surface area contributed by atoms with Crippen molar-refractivity contribution in [1.29, 1.82) is 0 Å². The molecule has 31 heavy (non-hydrogen) atoms. The van der Waals surface area contributed by atoms with Crippen LogP contribution in [-0.2, 0) is 21.4 Å². The van der Waals surface area contributed by atoms with E-state index >= 15 is 0 Å². The molecular formula is C24H31N3O3S. The van der Waals surface area contributed by atoms with Crippen LogP contribution >= 0.6 is 0 Å². The molecule has 0 spiro atoms. The van der Waals surface area contributed by atoms with Crippen molar-refractivity contribution in [1.82, 2.24) is 4.90 Å². The summed E-state index contributed by atoms with van der Waals surface area (Å²) >= 11 is 0. The van der Waals surface area contributed by atoms with Gasteiger partial charge in [0.25, 0.3) is 0 Å². The van der Waals surface area contributed by atoms with E-state index in [1.807, 2.05) is 43.3 Å². The highest BCUT2D eigenvalue weighted by molar-refractivity contribution is 7.93. The summed E-state index contributed by atoms with van der Waals surface area (Å²) < 4.78 is 27.9. The molecule has 7 heteroatoms. The summed E-state index contributed by atoms with van der Waals surface area (Å²) in [4.78, 5) is 16.9. The predicted molar refractivity (Wildman–Crippen MR) is 125 cm³/mol. The third-order valence-corrected chi connectivity index (χ3v) is 7.13. The van der Waals surface area contributed by atoms with E-state index in [9.17, 15) is 13.2 Å². The minimum atomic E-state index is -3.78. The molecule has 1 saturated carbocycles. The van der Waals surface area contributed by atoms with Crippen molar-refractivity contribution in [2.24, 2.45) is 0 Å². The second-order valence-electron chi connectivity index (χ2n) is 8.69. The molecule has 1 heterocycles. The Morgan fingerprint density at radius 1 is 1.00 bits per heavy atom. The number of nitrogens with one attached hydrogen (secondary N) is 1. The van der Waals surface area contributed by atoms with Crippen LogP contribution in [0.3, 0.4) is 0 Å². The SMILES string of the molecule is Cc1ccc(CN(C(=O)CS(=O)(=O)Nc2ccc(N3CCCCC3)cc2)C2CC2)cc1. The molecule has 1 aliphatic heterocycles. The van der Waals surface area contributed by atoms with Crippen LogP contribution in [0.15, 0.2) is 48.5 Å². The standard InChI is InChI=1S/C24H31N3O3S/c1-19-5-7-20(8-6-19)17-27(23-13-14-23)24(28)18-31(29,30)25-21-9-11-22(12-10-21)26-15-3-2-4-16-26/h5-12,23,25H,2-4,13-18H2,1H3. The van der Waals surface area contributed by atoms with Gasteiger partial charge < -0.3 is 9.80 Å². The van der Waals surface area contributed by atoms with Crippen LogP contribution in [-0.4, -0.2) is 44.1 Å². The summed E-state index contributed by atoms with van der Waals surface area (Å²) in [5.41, 5.74) is 3.78. The van der Waals surface area contributed by atoms with Gasteiger partial charge in [0.1, 0.15) is 5.75 Å². The largest absolute Gasteiger partial charge is 0.372 e. The molecule has 1 saturated heterocycles. The van der Waals surface area contributed by atoms with E-state index in [2.05, 4.69) is 9.62 Å². The zero-order valence-corrected chi connectivity index (χ0v) is 18.9. The molecule has 0 atom stereocenters. The summed E-state index contributed by atoms with van der Waals surface area (Å²) in [6.45, 7) is 4.55. The lowest BCUT2D eigenvalue weighted by Gasteiger charge is -2.28. The highest BCUT2D eigenvalue weighted by Gasteiger charge is 2.34. The van der Waals surface area contributed by atoms with Gasteiger partial charge in [-0.25, -0.2) is 8.42 Å². The number of nitrogens with zero attached hydrogens (tertiary/aromatic N) is 2. The van der Waals surface area contributed by atoms with Gasteiger partial charge in [0.15, 0.2) is 0 Å². The molecule has 0 unspecified atom stereocenters. The van der Waals surface area contributed by atoms with Gasteiger partial charge in [-0.05, 0) is 68.9 Å². The molecule has 4 rings (SSSR count). The number of carbonyl (C=O) groups excluding carboxylic acids is 1. The second-order valence-corrected chi connectivity index (χ2v) is 10.4. The van der Waals surface area contributed by atoms with Crippen molar-refractivity contribution < 1.29 is 13.2 Å². The molecule has 166 valence electrons. The van der Waals surface area contributed by atoms with Crippen LogP contribution < -0.4 is 9.62 Å². The number of hydrogen-bond acceptors (Lipinski definition) is 4. The van der Waals surface area contributed by atoms with Crippen molar-refractivity contribution >= 4 is 27.3 Å². The number of rotatable bonds is 8. The molecule has 1 amide bonds. The molecule has 2 aromatic carbocycles. The number of piperidine rings is 1. The summed E-state index contributed by atoms with van der Waals surface area (Å²) in [6, 6.07) is 15.6. The summed E-state index contributed by atoms with van der Waals surface area (Å²) in [5, 5.41) is 0. The van der Waals surface area contributed by atoms with Crippen LogP contribution in [0.25, 0.3) is 0 Å². The minimum Gasteiger partial charge on any atom is -0.372 e. The monoisotopic (exact) mass is 441 g/mol. The number of carbonyl (C=O) groups is 1. The van der Waals surface area contributed by atoms with Crippen LogP contribution in [0.4, 0.5) is 11.4 Å². The number of hydrogen-bond donors (Lipinski definition) is 1. The first-order valence-electron chi connectivity index (χ1n) is 11.1. The average molecular weight is 442 g/mol. The van der Waals surface area contributed by atoms with Gasteiger partial charge in [-0.3, -0.25) is 9.52 Å². The number of anilines is 2. The fourth-order valence-corrected chi connectivity index (χ4v) is 5.11. The smallest absolute Gasteiger partial charge is 0.241 e.